The lowest BCUT2D eigenvalue weighted by Gasteiger charge is -2.35. The Morgan fingerprint density at radius 3 is 2.68 bits per heavy atom. The molecule has 2 heterocycles. The molecule has 0 radical (unpaired) electrons. The van der Waals surface area contributed by atoms with E-state index < -0.39 is 6.10 Å². The predicted octanol–water partition coefficient (Wildman–Crippen LogP) is 4.62. The van der Waals surface area contributed by atoms with Gasteiger partial charge in [0.15, 0.2) is 0 Å². The summed E-state index contributed by atoms with van der Waals surface area (Å²) in [5, 5.41) is 9.80. The molecule has 1 amide bonds. The minimum atomic E-state index is -0.397. The molecule has 1 saturated heterocycles. The number of aliphatic hydroxyl groups excluding tert-OH is 1. The van der Waals surface area contributed by atoms with Crippen molar-refractivity contribution in [3.8, 4) is 0 Å². The van der Waals surface area contributed by atoms with E-state index in [0.717, 1.165) is 30.8 Å². The van der Waals surface area contributed by atoms with Crippen molar-refractivity contribution in [1.82, 2.24) is 9.80 Å². The Kier molecular flexibility index (Phi) is 6.89. The summed E-state index contributed by atoms with van der Waals surface area (Å²) in [6, 6.07) is 15.2. The molecule has 6 heteroatoms. The topological polar surface area (TPSA) is 47.0 Å². The fourth-order valence-electron chi connectivity index (χ4n) is 4.59. The lowest BCUT2D eigenvalue weighted by atomic mass is 10.1. The van der Waals surface area contributed by atoms with Crippen molar-refractivity contribution in [3.63, 3.8) is 0 Å². The average molecular weight is 440 g/mol. The maximum atomic E-state index is 13.0. The van der Waals surface area contributed by atoms with Gasteiger partial charge < -0.3 is 19.8 Å². The number of carbonyl (C=O) groups excluding carboxylic acids is 1. The zero-order valence-electron chi connectivity index (χ0n) is 18.8. The number of aliphatic hydroxyl groups is 1. The lowest BCUT2D eigenvalue weighted by molar-refractivity contribution is 0.0764. The number of likely N-dealkylation sites (tertiary alicyclic amines) is 1. The smallest absolute Gasteiger partial charge is 0.253 e. The van der Waals surface area contributed by atoms with E-state index in [1.807, 2.05) is 12.1 Å². The summed E-state index contributed by atoms with van der Waals surface area (Å²) < 4.78 is 0. The minimum absolute atomic E-state index is 0.0148. The quantitative estimate of drug-likeness (QED) is 0.682. The van der Waals surface area contributed by atoms with Crippen molar-refractivity contribution in [2.24, 2.45) is 0 Å². The molecule has 2 atom stereocenters. The Bertz CT molecular complexity index is 935. The average Bonchev–Trinajstić information content (AvgIpc) is 3.23. The first-order valence-electron chi connectivity index (χ1n) is 11.4. The first kappa shape index (κ1) is 22.2. The number of β-amino-alcohol motifs (C(OH)–C–C–N with tert-alkyl or cyclic N) is 1. The van der Waals surface area contributed by atoms with E-state index in [0.29, 0.717) is 31.1 Å². The van der Waals surface area contributed by atoms with E-state index in [4.69, 9.17) is 0 Å². The Morgan fingerprint density at radius 1 is 1.19 bits per heavy atom. The maximum absolute atomic E-state index is 13.0. The molecule has 2 aliphatic heterocycles. The van der Waals surface area contributed by atoms with Crippen LogP contribution in [-0.4, -0.2) is 66.2 Å². The maximum Gasteiger partial charge on any atom is 0.253 e. The highest BCUT2D eigenvalue weighted by Crippen LogP contribution is 2.48. The summed E-state index contributed by atoms with van der Waals surface area (Å²) in [5.41, 5.74) is 3.13. The number of hydrogen-bond donors (Lipinski definition) is 1. The second-order valence-electron chi connectivity index (χ2n) is 8.52. The van der Waals surface area contributed by atoms with Gasteiger partial charge in [-0.3, -0.25) is 4.79 Å². The van der Waals surface area contributed by atoms with Gasteiger partial charge in [-0.2, -0.15) is 0 Å². The van der Waals surface area contributed by atoms with Gasteiger partial charge in [-0.05, 0) is 63.2 Å². The van der Waals surface area contributed by atoms with Gasteiger partial charge in [0.2, 0.25) is 0 Å². The van der Waals surface area contributed by atoms with Crippen LogP contribution in [0.25, 0.3) is 0 Å². The highest BCUT2D eigenvalue weighted by Gasteiger charge is 2.28. The normalized spacial score (nSPS) is 18.8. The first-order valence-corrected chi connectivity index (χ1v) is 12.2. The molecule has 166 valence electrons. The summed E-state index contributed by atoms with van der Waals surface area (Å²) >= 11 is 1.74. The first-order chi connectivity index (χ1) is 15.0. The van der Waals surface area contributed by atoms with Crippen molar-refractivity contribution < 1.29 is 9.90 Å². The van der Waals surface area contributed by atoms with Gasteiger partial charge in [0, 0.05) is 41.0 Å². The molecule has 2 aliphatic rings. The largest absolute Gasteiger partial charge is 0.391 e. The number of para-hydroxylation sites is 1. The molecule has 1 N–H and O–H groups in total. The van der Waals surface area contributed by atoms with Crippen LogP contribution >= 0.6 is 11.8 Å². The summed E-state index contributed by atoms with van der Waals surface area (Å²) in [7, 11) is 2.20. The number of rotatable bonds is 7. The lowest BCUT2D eigenvalue weighted by Crippen LogP contribution is -2.35. The molecule has 2 unspecified atom stereocenters. The molecule has 31 heavy (non-hydrogen) atoms. The number of benzene rings is 2. The molecule has 5 nitrogen and oxygen atoms in total. The Morgan fingerprint density at radius 2 is 1.97 bits per heavy atom. The number of amides is 1. The zero-order valence-corrected chi connectivity index (χ0v) is 19.6. The number of nitrogens with zero attached hydrogens (tertiary/aromatic N) is 3. The molecule has 0 aromatic heterocycles. The zero-order chi connectivity index (χ0) is 22.0. The van der Waals surface area contributed by atoms with Crippen LogP contribution in [-0.2, 0) is 0 Å². The molecule has 1 fully saturated rings. The molecule has 0 bridgehead atoms. The molecular formula is C25H33N3O2S. The predicted molar refractivity (Wildman–Crippen MR) is 128 cm³/mol. The van der Waals surface area contributed by atoms with Crippen LogP contribution in [0.5, 0.6) is 0 Å². The summed E-state index contributed by atoms with van der Waals surface area (Å²) in [5.74, 6) is 0.0148. The fourth-order valence-corrected chi connectivity index (χ4v) is 5.72. The third-order valence-electron chi connectivity index (χ3n) is 6.60. The molecule has 0 aliphatic carbocycles. The second-order valence-corrected chi connectivity index (χ2v) is 9.61. The van der Waals surface area contributed by atoms with Crippen LogP contribution in [0.2, 0.25) is 0 Å². The summed E-state index contributed by atoms with van der Waals surface area (Å²) in [6.07, 6.45) is 2.49. The second kappa shape index (κ2) is 9.63. The van der Waals surface area contributed by atoms with Crippen molar-refractivity contribution >= 4 is 29.0 Å². The van der Waals surface area contributed by atoms with Crippen molar-refractivity contribution in [3.05, 3.63) is 48.0 Å². The van der Waals surface area contributed by atoms with Gasteiger partial charge in [0.05, 0.1) is 17.5 Å². The highest BCUT2D eigenvalue weighted by molar-refractivity contribution is 7.99. The number of hydrogen-bond acceptors (Lipinski definition) is 5. The van der Waals surface area contributed by atoms with Gasteiger partial charge in [-0.25, -0.2) is 0 Å². The van der Waals surface area contributed by atoms with Crippen molar-refractivity contribution in [2.75, 3.05) is 38.1 Å². The van der Waals surface area contributed by atoms with Gasteiger partial charge in [-0.1, -0.05) is 37.7 Å². The molecule has 0 spiro atoms. The third kappa shape index (κ3) is 4.61. The van der Waals surface area contributed by atoms with E-state index in [2.05, 4.69) is 61.0 Å². The highest BCUT2D eigenvalue weighted by atomic mass is 32.2. The fraction of sp³-hybridized carbons (Fsp3) is 0.480. The van der Waals surface area contributed by atoms with E-state index >= 15 is 0 Å². The van der Waals surface area contributed by atoms with E-state index in [1.54, 1.807) is 16.7 Å². The van der Waals surface area contributed by atoms with Crippen LogP contribution in [0, 0.1) is 0 Å². The van der Waals surface area contributed by atoms with Gasteiger partial charge in [-0.15, -0.1) is 0 Å². The Labute approximate surface area is 190 Å². The van der Waals surface area contributed by atoms with E-state index in [1.165, 1.54) is 16.3 Å². The Hall–Kier alpha value is -2.02. The van der Waals surface area contributed by atoms with Crippen LogP contribution in [0.15, 0.2) is 52.3 Å². The molecule has 2 aromatic carbocycles. The molecule has 0 saturated carbocycles. The SMILES string of the molecule is CCC(CCN1c2ccccc2Sc2cc(C(=O)N3CCC(O)C3)ccc21)N(C)CC. The van der Waals surface area contributed by atoms with Gasteiger partial charge in [0.1, 0.15) is 0 Å². The molecule has 2 aromatic rings. The third-order valence-corrected chi connectivity index (χ3v) is 7.72. The molecular weight excluding hydrogens is 406 g/mol. The van der Waals surface area contributed by atoms with E-state index in [9.17, 15) is 9.90 Å². The molecule has 4 rings (SSSR count). The standard InChI is InChI=1S/C25H33N3O2S/c1-4-19(26(3)5-2)12-15-28-21-8-6-7-9-23(21)31-24-16-18(10-11-22(24)28)25(30)27-14-13-20(29)17-27/h6-11,16,19-20,29H,4-5,12-15,17H2,1-3H3. The van der Waals surface area contributed by atoms with Crippen LogP contribution in [0.1, 0.15) is 43.5 Å². The van der Waals surface area contributed by atoms with Gasteiger partial charge >= 0.3 is 0 Å². The minimum Gasteiger partial charge on any atom is -0.391 e. The number of anilines is 2. The number of carbonyl (C=O) groups is 1. The van der Waals surface area contributed by atoms with Crippen LogP contribution in [0.3, 0.4) is 0 Å². The monoisotopic (exact) mass is 439 g/mol. The van der Waals surface area contributed by atoms with Crippen LogP contribution in [0.4, 0.5) is 11.4 Å². The van der Waals surface area contributed by atoms with E-state index in [-0.39, 0.29) is 5.91 Å². The summed E-state index contributed by atoms with van der Waals surface area (Å²) in [6.45, 7) is 7.53. The number of fused-ring (bicyclic) bond motifs is 2. The van der Waals surface area contributed by atoms with Crippen molar-refractivity contribution in [2.45, 2.75) is 55.0 Å². The Balaban J connectivity index is 1.61. The van der Waals surface area contributed by atoms with Crippen molar-refractivity contribution in [1.29, 1.82) is 0 Å². The van der Waals surface area contributed by atoms with Crippen LogP contribution < -0.4 is 4.90 Å². The summed E-state index contributed by atoms with van der Waals surface area (Å²) in [4.78, 5) is 21.9. The van der Waals surface area contributed by atoms with Gasteiger partial charge in [0.25, 0.3) is 5.91 Å².